The number of hydrogen-bond donors (Lipinski definition) is 2. The summed E-state index contributed by atoms with van der Waals surface area (Å²) in [6.07, 6.45) is 0. The number of benzene rings is 2. The molecule has 2 aliphatic heterocycles. The van der Waals surface area contributed by atoms with Crippen molar-refractivity contribution >= 4 is 23.2 Å². The van der Waals surface area contributed by atoms with Crippen molar-refractivity contribution in [3.05, 3.63) is 48.3 Å². The number of piperazine rings is 1. The Kier molecular flexibility index (Phi) is 6.10. The number of para-hydroxylation sites is 1. The second-order valence-electron chi connectivity index (χ2n) is 7.20. The number of anilines is 2. The Hall–Kier alpha value is -3.17. The molecule has 0 saturated carbocycles. The van der Waals surface area contributed by atoms with E-state index in [1.807, 2.05) is 9.80 Å². The van der Waals surface area contributed by atoms with Crippen LogP contribution in [-0.2, 0) is 9.59 Å². The molecular formula is C21H23FN4O4. The number of ether oxygens (including phenoxy) is 2. The third kappa shape index (κ3) is 5.05. The zero-order chi connectivity index (χ0) is 20.9. The van der Waals surface area contributed by atoms with Crippen molar-refractivity contribution in [1.29, 1.82) is 0 Å². The van der Waals surface area contributed by atoms with Crippen LogP contribution < -0.4 is 20.1 Å². The molecule has 0 bridgehead atoms. The van der Waals surface area contributed by atoms with Crippen LogP contribution in [0.3, 0.4) is 0 Å². The van der Waals surface area contributed by atoms with Gasteiger partial charge in [0, 0.05) is 37.9 Å². The zero-order valence-electron chi connectivity index (χ0n) is 16.4. The summed E-state index contributed by atoms with van der Waals surface area (Å²) in [5.74, 6) is 0.469. The Labute approximate surface area is 173 Å². The van der Waals surface area contributed by atoms with Crippen LogP contribution >= 0.6 is 0 Å². The highest BCUT2D eigenvalue weighted by Gasteiger charge is 2.21. The van der Waals surface area contributed by atoms with Crippen molar-refractivity contribution in [3.8, 4) is 11.5 Å². The first-order chi connectivity index (χ1) is 14.6. The summed E-state index contributed by atoms with van der Waals surface area (Å²) in [7, 11) is 0. The Morgan fingerprint density at radius 1 is 0.867 bits per heavy atom. The lowest BCUT2D eigenvalue weighted by Gasteiger charge is -2.33. The average Bonchev–Trinajstić information content (AvgIpc) is 3.19. The summed E-state index contributed by atoms with van der Waals surface area (Å²) in [6.45, 7) is 3.29. The summed E-state index contributed by atoms with van der Waals surface area (Å²) >= 11 is 0. The highest BCUT2D eigenvalue weighted by Crippen LogP contribution is 2.34. The molecule has 0 spiro atoms. The number of nitrogens with zero attached hydrogens (tertiary/aromatic N) is 2. The largest absolute Gasteiger partial charge is 0.454 e. The monoisotopic (exact) mass is 414 g/mol. The molecule has 2 aliphatic rings. The average molecular weight is 414 g/mol. The van der Waals surface area contributed by atoms with Gasteiger partial charge in [0.15, 0.2) is 11.5 Å². The van der Waals surface area contributed by atoms with Gasteiger partial charge in [-0.15, -0.1) is 0 Å². The standard InChI is InChI=1S/C21H23FN4O4/c22-16-3-1-2-4-17(16)24-21(28)13-26-9-7-25(8-10-26)12-20(27)23-15-5-6-18-19(11-15)30-14-29-18/h1-6,11H,7-10,12-14H2,(H,23,27)(H,24,28). The van der Waals surface area contributed by atoms with Crippen LogP contribution in [0.2, 0.25) is 0 Å². The Bertz CT molecular complexity index is 931. The van der Waals surface area contributed by atoms with Gasteiger partial charge in [0.25, 0.3) is 0 Å². The first-order valence-electron chi connectivity index (χ1n) is 9.75. The molecule has 0 aliphatic carbocycles. The van der Waals surface area contributed by atoms with Crippen LogP contribution in [0, 0.1) is 5.82 Å². The number of carbonyl (C=O) groups is 2. The third-order valence-electron chi connectivity index (χ3n) is 5.00. The van der Waals surface area contributed by atoms with Crippen molar-refractivity contribution in [2.24, 2.45) is 0 Å². The van der Waals surface area contributed by atoms with E-state index in [1.54, 1.807) is 30.3 Å². The number of fused-ring (bicyclic) bond motifs is 1. The van der Waals surface area contributed by atoms with Crippen molar-refractivity contribution < 1.29 is 23.5 Å². The Morgan fingerprint density at radius 3 is 2.20 bits per heavy atom. The van der Waals surface area contributed by atoms with E-state index in [1.165, 1.54) is 12.1 Å². The number of amides is 2. The molecule has 9 heteroatoms. The van der Waals surface area contributed by atoms with E-state index in [0.717, 1.165) is 0 Å². The van der Waals surface area contributed by atoms with Gasteiger partial charge in [-0.3, -0.25) is 19.4 Å². The molecule has 4 rings (SSSR count). The van der Waals surface area contributed by atoms with Gasteiger partial charge in [0.05, 0.1) is 18.8 Å². The SMILES string of the molecule is O=C(CN1CCN(CC(=O)Nc2ccccc2F)CC1)Nc1ccc2c(c1)OCO2. The lowest BCUT2D eigenvalue weighted by molar-refractivity contribution is -0.120. The minimum Gasteiger partial charge on any atom is -0.454 e. The first-order valence-corrected chi connectivity index (χ1v) is 9.75. The molecule has 8 nitrogen and oxygen atoms in total. The molecule has 1 saturated heterocycles. The molecule has 2 aromatic rings. The minimum atomic E-state index is -0.454. The van der Waals surface area contributed by atoms with Gasteiger partial charge in [-0.1, -0.05) is 12.1 Å². The van der Waals surface area contributed by atoms with Crippen LogP contribution in [0.1, 0.15) is 0 Å². The van der Waals surface area contributed by atoms with E-state index in [4.69, 9.17) is 9.47 Å². The fourth-order valence-electron chi connectivity index (χ4n) is 3.44. The van der Waals surface area contributed by atoms with Crippen molar-refractivity contribution in [1.82, 2.24) is 9.80 Å². The smallest absolute Gasteiger partial charge is 0.238 e. The predicted molar refractivity (Wildman–Crippen MR) is 109 cm³/mol. The second-order valence-corrected chi connectivity index (χ2v) is 7.20. The lowest BCUT2D eigenvalue weighted by Crippen LogP contribution is -2.50. The van der Waals surface area contributed by atoms with Crippen molar-refractivity contribution in [3.63, 3.8) is 0 Å². The lowest BCUT2D eigenvalue weighted by atomic mass is 10.2. The second kappa shape index (κ2) is 9.10. The number of rotatable bonds is 6. The van der Waals surface area contributed by atoms with E-state index in [0.29, 0.717) is 43.4 Å². The van der Waals surface area contributed by atoms with Gasteiger partial charge in [-0.25, -0.2) is 4.39 Å². The maximum atomic E-state index is 13.6. The van der Waals surface area contributed by atoms with E-state index in [9.17, 15) is 14.0 Å². The topological polar surface area (TPSA) is 83.1 Å². The summed E-state index contributed by atoms with van der Waals surface area (Å²) in [5, 5.41) is 5.46. The molecule has 2 amide bonds. The van der Waals surface area contributed by atoms with Gasteiger partial charge < -0.3 is 20.1 Å². The highest BCUT2D eigenvalue weighted by molar-refractivity contribution is 5.93. The fraction of sp³-hybridized carbons (Fsp3) is 0.333. The van der Waals surface area contributed by atoms with E-state index >= 15 is 0 Å². The third-order valence-corrected chi connectivity index (χ3v) is 5.00. The molecule has 1 fully saturated rings. The summed E-state index contributed by atoms with van der Waals surface area (Å²) in [5.41, 5.74) is 0.842. The number of nitrogens with one attached hydrogen (secondary N) is 2. The van der Waals surface area contributed by atoms with Crippen LogP contribution in [-0.4, -0.2) is 67.7 Å². The van der Waals surface area contributed by atoms with Crippen molar-refractivity contribution in [2.75, 3.05) is 56.7 Å². The summed E-state index contributed by atoms with van der Waals surface area (Å²) in [4.78, 5) is 28.5. The summed E-state index contributed by atoms with van der Waals surface area (Å²) < 4.78 is 24.2. The molecule has 30 heavy (non-hydrogen) atoms. The molecule has 0 unspecified atom stereocenters. The predicted octanol–water partition coefficient (Wildman–Crippen LogP) is 1.75. The fourth-order valence-corrected chi connectivity index (χ4v) is 3.44. The van der Waals surface area contributed by atoms with Crippen LogP contribution in [0.15, 0.2) is 42.5 Å². The van der Waals surface area contributed by atoms with Gasteiger partial charge in [-0.2, -0.15) is 0 Å². The minimum absolute atomic E-state index is 0.111. The Morgan fingerprint density at radius 2 is 1.50 bits per heavy atom. The van der Waals surface area contributed by atoms with Crippen LogP contribution in [0.5, 0.6) is 11.5 Å². The van der Waals surface area contributed by atoms with Crippen molar-refractivity contribution in [2.45, 2.75) is 0 Å². The normalized spacial score (nSPS) is 16.3. The molecule has 158 valence electrons. The molecule has 0 aromatic heterocycles. The molecule has 2 heterocycles. The quantitative estimate of drug-likeness (QED) is 0.750. The maximum absolute atomic E-state index is 13.6. The molecule has 2 aromatic carbocycles. The molecule has 0 atom stereocenters. The van der Waals surface area contributed by atoms with Gasteiger partial charge in [0.1, 0.15) is 5.82 Å². The van der Waals surface area contributed by atoms with Gasteiger partial charge >= 0.3 is 0 Å². The number of hydrogen-bond acceptors (Lipinski definition) is 6. The highest BCUT2D eigenvalue weighted by atomic mass is 19.1. The van der Waals surface area contributed by atoms with Crippen LogP contribution in [0.4, 0.5) is 15.8 Å². The molecule has 2 N–H and O–H groups in total. The van der Waals surface area contributed by atoms with E-state index in [2.05, 4.69) is 10.6 Å². The summed E-state index contributed by atoms with van der Waals surface area (Å²) in [6, 6.07) is 11.4. The van der Waals surface area contributed by atoms with E-state index < -0.39 is 5.82 Å². The maximum Gasteiger partial charge on any atom is 0.238 e. The zero-order valence-corrected chi connectivity index (χ0v) is 16.4. The van der Waals surface area contributed by atoms with E-state index in [-0.39, 0.29) is 37.4 Å². The molecular weight excluding hydrogens is 391 g/mol. The van der Waals surface area contributed by atoms with Gasteiger partial charge in [0.2, 0.25) is 18.6 Å². The molecule has 0 radical (unpaired) electrons. The number of halogens is 1. The number of carbonyl (C=O) groups excluding carboxylic acids is 2. The first kappa shape index (κ1) is 20.1. The van der Waals surface area contributed by atoms with Crippen LogP contribution in [0.25, 0.3) is 0 Å². The van der Waals surface area contributed by atoms with Gasteiger partial charge in [-0.05, 0) is 24.3 Å². The Balaban J connectivity index is 1.19.